The molecule has 1 heterocycles. The molecule has 0 aliphatic carbocycles. The van der Waals surface area contributed by atoms with Crippen LogP contribution < -0.4 is 16.2 Å². The lowest BCUT2D eigenvalue weighted by atomic mass is 10.2. The smallest absolute Gasteiger partial charge is 0.288 e. The number of non-ortho nitro benzene ring substituents is 1. The second-order valence-electron chi connectivity index (χ2n) is 5.16. The fourth-order valence-electron chi connectivity index (χ4n) is 1.89. The van der Waals surface area contributed by atoms with E-state index in [1.54, 1.807) is 12.1 Å². The summed E-state index contributed by atoms with van der Waals surface area (Å²) in [7, 11) is 0. The van der Waals surface area contributed by atoms with Gasteiger partial charge in [0.15, 0.2) is 0 Å². The molecule has 1 aromatic carbocycles. The average Bonchev–Trinajstić information content (AvgIpc) is 2.66. The summed E-state index contributed by atoms with van der Waals surface area (Å²) in [4.78, 5) is 49.7. The van der Waals surface area contributed by atoms with Gasteiger partial charge >= 0.3 is 0 Å². The van der Waals surface area contributed by atoms with E-state index in [1.165, 1.54) is 37.4 Å². The van der Waals surface area contributed by atoms with E-state index >= 15 is 0 Å². The molecule has 10 heteroatoms. The van der Waals surface area contributed by atoms with Crippen molar-refractivity contribution >= 4 is 23.4 Å². The third kappa shape index (κ3) is 4.84. The van der Waals surface area contributed by atoms with Crippen LogP contribution in [0.1, 0.15) is 27.8 Å². The Labute approximate surface area is 147 Å². The lowest BCUT2D eigenvalue weighted by Crippen LogP contribution is -2.51. The highest BCUT2D eigenvalue weighted by molar-refractivity contribution is 5.98. The second kappa shape index (κ2) is 8.33. The molecule has 1 atom stereocenters. The van der Waals surface area contributed by atoms with E-state index in [4.69, 9.17) is 0 Å². The van der Waals surface area contributed by atoms with Crippen LogP contribution in [0.4, 0.5) is 5.69 Å². The Morgan fingerprint density at radius 2 is 1.85 bits per heavy atom. The molecule has 0 spiro atoms. The van der Waals surface area contributed by atoms with E-state index in [9.17, 15) is 24.5 Å². The van der Waals surface area contributed by atoms with Gasteiger partial charge in [-0.05, 0) is 25.1 Å². The van der Waals surface area contributed by atoms with E-state index in [-0.39, 0.29) is 16.9 Å². The lowest BCUT2D eigenvalue weighted by molar-refractivity contribution is -0.384. The maximum atomic E-state index is 12.1. The Morgan fingerprint density at radius 1 is 1.08 bits per heavy atom. The maximum Gasteiger partial charge on any atom is 0.288 e. The molecule has 0 saturated carbocycles. The zero-order chi connectivity index (χ0) is 19.1. The van der Waals surface area contributed by atoms with Crippen molar-refractivity contribution in [1.29, 1.82) is 0 Å². The molecule has 3 N–H and O–H groups in total. The molecule has 1 aromatic heterocycles. The quantitative estimate of drug-likeness (QED) is 0.527. The number of hydrazine groups is 1. The summed E-state index contributed by atoms with van der Waals surface area (Å²) in [5.74, 6) is -1.95. The summed E-state index contributed by atoms with van der Waals surface area (Å²) in [6.45, 7) is 1.40. The van der Waals surface area contributed by atoms with Crippen LogP contribution in [0.15, 0.2) is 48.7 Å². The number of hydrogen-bond acceptors (Lipinski definition) is 6. The first-order valence-corrected chi connectivity index (χ1v) is 7.45. The summed E-state index contributed by atoms with van der Waals surface area (Å²) in [6.07, 6.45) is 1.43. The minimum absolute atomic E-state index is 0.0383. The number of benzene rings is 1. The first-order valence-electron chi connectivity index (χ1n) is 7.45. The molecular formula is C16H15N5O5. The van der Waals surface area contributed by atoms with Gasteiger partial charge in [0.1, 0.15) is 11.7 Å². The highest BCUT2D eigenvalue weighted by atomic mass is 16.6. The monoisotopic (exact) mass is 357 g/mol. The molecule has 0 fully saturated rings. The first-order chi connectivity index (χ1) is 12.4. The zero-order valence-corrected chi connectivity index (χ0v) is 13.6. The summed E-state index contributed by atoms with van der Waals surface area (Å²) in [6, 6.07) is 8.83. The summed E-state index contributed by atoms with van der Waals surface area (Å²) < 4.78 is 0. The molecule has 3 amide bonds. The van der Waals surface area contributed by atoms with Crippen LogP contribution >= 0.6 is 0 Å². The number of carbonyl (C=O) groups excluding carboxylic acids is 3. The van der Waals surface area contributed by atoms with Crippen molar-refractivity contribution in [3.8, 4) is 0 Å². The predicted molar refractivity (Wildman–Crippen MR) is 89.9 cm³/mol. The molecule has 10 nitrogen and oxygen atoms in total. The molecule has 26 heavy (non-hydrogen) atoms. The van der Waals surface area contributed by atoms with Crippen molar-refractivity contribution in [3.63, 3.8) is 0 Å². The van der Waals surface area contributed by atoms with Crippen molar-refractivity contribution in [2.75, 3.05) is 0 Å². The number of hydrogen-bond donors (Lipinski definition) is 3. The van der Waals surface area contributed by atoms with E-state index in [1.807, 2.05) is 0 Å². The van der Waals surface area contributed by atoms with Crippen LogP contribution in [0.5, 0.6) is 0 Å². The molecule has 134 valence electrons. The Morgan fingerprint density at radius 3 is 2.50 bits per heavy atom. The fourth-order valence-corrected chi connectivity index (χ4v) is 1.89. The van der Waals surface area contributed by atoms with Gasteiger partial charge in [0.25, 0.3) is 23.4 Å². The van der Waals surface area contributed by atoms with E-state index in [2.05, 4.69) is 21.2 Å². The fraction of sp³-hybridized carbons (Fsp3) is 0.125. The highest BCUT2D eigenvalue weighted by Crippen LogP contribution is 2.13. The predicted octanol–water partition coefficient (Wildman–Crippen LogP) is 0.569. The van der Waals surface area contributed by atoms with Gasteiger partial charge in [-0.25, -0.2) is 0 Å². The molecule has 0 aliphatic rings. The molecular weight excluding hydrogens is 342 g/mol. The third-order valence-corrected chi connectivity index (χ3v) is 3.26. The average molecular weight is 357 g/mol. The number of aromatic nitrogens is 1. The van der Waals surface area contributed by atoms with Crippen molar-refractivity contribution in [1.82, 2.24) is 21.2 Å². The van der Waals surface area contributed by atoms with E-state index < -0.39 is 28.7 Å². The van der Waals surface area contributed by atoms with Crippen LogP contribution in [0, 0.1) is 10.1 Å². The number of nitro benzene ring substituents is 1. The maximum absolute atomic E-state index is 12.1. The van der Waals surface area contributed by atoms with Crippen LogP contribution in [0.3, 0.4) is 0 Å². The Bertz CT molecular complexity index is 840. The third-order valence-electron chi connectivity index (χ3n) is 3.26. The van der Waals surface area contributed by atoms with Gasteiger partial charge in [-0.2, -0.15) is 0 Å². The van der Waals surface area contributed by atoms with E-state index in [0.29, 0.717) is 0 Å². The summed E-state index contributed by atoms with van der Waals surface area (Å²) in [5, 5.41) is 13.1. The number of nitrogens with one attached hydrogen (secondary N) is 3. The van der Waals surface area contributed by atoms with Crippen molar-refractivity contribution in [2.45, 2.75) is 13.0 Å². The molecule has 0 bridgehead atoms. The number of nitro groups is 1. The normalized spacial score (nSPS) is 11.1. The lowest BCUT2D eigenvalue weighted by Gasteiger charge is -2.14. The van der Waals surface area contributed by atoms with Gasteiger partial charge in [-0.15, -0.1) is 0 Å². The van der Waals surface area contributed by atoms with Gasteiger partial charge in [0.2, 0.25) is 0 Å². The number of nitrogens with zero attached hydrogens (tertiary/aromatic N) is 2. The molecule has 2 rings (SSSR count). The largest absolute Gasteiger partial charge is 0.340 e. The van der Waals surface area contributed by atoms with E-state index in [0.717, 1.165) is 6.07 Å². The van der Waals surface area contributed by atoms with Gasteiger partial charge in [-0.3, -0.25) is 40.3 Å². The number of rotatable bonds is 5. The van der Waals surface area contributed by atoms with Crippen molar-refractivity contribution in [2.24, 2.45) is 0 Å². The first kappa shape index (κ1) is 18.5. The standard InChI is InChI=1S/C16H15N5O5/c1-10(14(22)19-20-16(24)13-7-2-3-8-17-13)18-15(23)11-5-4-6-12(9-11)21(25)26/h2-10H,1H3,(H,18,23)(H,19,22)(H,20,24)/t10-/m0/s1. The number of amides is 3. The molecule has 0 aliphatic heterocycles. The zero-order valence-electron chi connectivity index (χ0n) is 13.6. The molecule has 0 unspecified atom stereocenters. The number of carbonyl (C=O) groups is 3. The van der Waals surface area contributed by atoms with Gasteiger partial charge in [0, 0.05) is 23.9 Å². The van der Waals surface area contributed by atoms with Crippen LogP contribution in [-0.2, 0) is 4.79 Å². The van der Waals surface area contributed by atoms with Crippen LogP contribution in [-0.4, -0.2) is 33.7 Å². The van der Waals surface area contributed by atoms with Gasteiger partial charge in [-0.1, -0.05) is 12.1 Å². The van der Waals surface area contributed by atoms with Crippen molar-refractivity contribution in [3.05, 3.63) is 70.0 Å². The topological polar surface area (TPSA) is 143 Å². The highest BCUT2D eigenvalue weighted by Gasteiger charge is 2.19. The summed E-state index contributed by atoms with van der Waals surface area (Å²) >= 11 is 0. The molecule has 2 aromatic rings. The minimum atomic E-state index is -0.995. The molecule has 0 radical (unpaired) electrons. The SMILES string of the molecule is C[C@H](NC(=O)c1cccc([N+](=O)[O-])c1)C(=O)NNC(=O)c1ccccn1. The Hall–Kier alpha value is -3.82. The summed E-state index contributed by atoms with van der Waals surface area (Å²) in [5.41, 5.74) is 4.25. The minimum Gasteiger partial charge on any atom is -0.340 e. The Kier molecular flexibility index (Phi) is 5.93. The molecule has 0 saturated heterocycles. The van der Waals surface area contributed by atoms with Gasteiger partial charge < -0.3 is 5.32 Å². The van der Waals surface area contributed by atoms with Crippen LogP contribution in [0.2, 0.25) is 0 Å². The van der Waals surface area contributed by atoms with Crippen molar-refractivity contribution < 1.29 is 19.3 Å². The van der Waals surface area contributed by atoms with Crippen LogP contribution in [0.25, 0.3) is 0 Å². The number of pyridine rings is 1. The second-order valence-corrected chi connectivity index (χ2v) is 5.16. The Balaban J connectivity index is 1.90. The van der Waals surface area contributed by atoms with Gasteiger partial charge in [0.05, 0.1) is 4.92 Å².